The van der Waals surface area contributed by atoms with Gasteiger partial charge in [-0.05, 0) is 37.1 Å². The lowest BCUT2D eigenvalue weighted by molar-refractivity contribution is -0.137. The van der Waals surface area contributed by atoms with E-state index in [1.54, 1.807) is 12.1 Å². The van der Waals surface area contributed by atoms with Crippen LogP contribution in [0.3, 0.4) is 0 Å². The second-order valence-corrected chi connectivity index (χ2v) is 8.68. The Morgan fingerprint density at radius 1 is 0.972 bits per heavy atom. The zero-order valence-electron chi connectivity index (χ0n) is 19.2. The Bertz CT molecular complexity index is 1330. The summed E-state index contributed by atoms with van der Waals surface area (Å²) in [6, 6.07) is 19.5. The second kappa shape index (κ2) is 9.49. The number of benzodiazepines with no additional fused rings is 1. The molecule has 1 saturated heterocycles. The quantitative estimate of drug-likeness (QED) is 0.547. The molecular formula is C27H23F3N4O2. The van der Waals surface area contributed by atoms with Crippen LogP contribution in [0.2, 0.25) is 0 Å². The fourth-order valence-electron chi connectivity index (χ4n) is 4.51. The van der Waals surface area contributed by atoms with Crippen molar-refractivity contribution in [1.29, 1.82) is 0 Å². The Morgan fingerprint density at radius 2 is 1.67 bits per heavy atom. The number of anilines is 2. The average molecular weight is 493 g/mol. The van der Waals surface area contributed by atoms with Gasteiger partial charge in [-0.1, -0.05) is 48.5 Å². The molecule has 184 valence electrons. The van der Waals surface area contributed by atoms with Gasteiger partial charge in [0.15, 0.2) is 0 Å². The SMILES string of the molecule is O=C(NC1N=C(c2ccccc2)c2ccccc2NC1=O)c1cc(C(F)(F)F)ccc1N1CCCC1. The molecule has 6 nitrogen and oxygen atoms in total. The molecule has 0 aliphatic carbocycles. The summed E-state index contributed by atoms with van der Waals surface area (Å²) in [5.74, 6) is -1.39. The first kappa shape index (κ1) is 23.6. The standard InChI is InChI=1S/C27H23F3N4O2/c28-27(29,30)18-12-13-22(34-14-6-7-15-34)20(16-18)25(35)33-24-26(36)31-21-11-5-4-10-19(21)23(32-24)17-8-2-1-3-9-17/h1-5,8-13,16,24H,6-7,14-15H2,(H,31,36)(H,33,35). The van der Waals surface area contributed by atoms with Crippen LogP contribution in [0.15, 0.2) is 77.8 Å². The normalized spacial score (nSPS) is 17.6. The van der Waals surface area contributed by atoms with E-state index in [9.17, 15) is 22.8 Å². The minimum atomic E-state index is -4.61. The van der Waals surface area contributed by atoms with Crippen LogP contribution in [0.4, 0.5) is 24.5 Å². The fraction of sp³-hybridized carbons (Fsp3) is 0.222. The van der Waals surface area contributed by atoms with Gasteiger partial charge in [-0.15, -0.1) is 0 Å². The van der Waals surface area contributed by atoms with Crippen molar-refractivity contribution in [2.24, 2.45) is 4.99 Å². The maximum Gasteiger partial charge on any atom is 0.416 e. The number of aliphatic imine (C=N–C) groups is 1. The highest BCUT2D eigenvalue weighted by Crippen LogP contribution is 2.34. The van der Waals surface area contributed by atoms with Crippen LogP contribution in [0.1, 0.15) is 39.9 Å². The molecule has 36 heavy (non-hydrogen) atoms. The Balaban J connectivity index is 1.54. The van der Waals surface area contributed by atoms with Crippen molar-refractivity contribution >= 4 is 28.9 Å². The van der Waals surface area contributed by atoms with Gasteiger partial charge in [0, 0.05) is 29.9 Å². The molecular weight excluding hydrogens is 469 g/mol. The monoisotopic (exact) mass is 492 g/mol. The van der Waals surface area contributed by atoms with Crippen molar-refractivity contribution < 1.29 is 22.8 Å². The van der Waals surface area contributed by atoms with E-state index in [4.69, 9.17) is 0 Å². The number of carbonyl (C=O) groups excluding carboxylic acids is 2. The Kier molecular flexibility index (Phi) is 6.22. The highest BCUT2D eigenvalue weighted by atomic mass is 19.4. The lowest BCUT2D eigenvalue weighted by Crippen LogP contribution is -2.43. The predicted octanol–water partition coefficient (Wildman–Crippen LogP) is 4.85. The summed E-state index contributed by atoms with van der Waals surface area (Å²) in [6.45, 7) is 1.28. The molecule has 5 rings (SSSR count). The number of amides is 2. The van der Waals surface area contributed by atoms with E-state index in [-0.39, 0.29) is 5.56 Å². The van der Waals surface area contributed by atoms with E-state index < -0.39 is 29.7 Å². The number of para-hydroxylation sites is 1. The number of alkyl halides is 3. The molecule has 1 fully saturated rings. The Morgan fingerprint density at radius 3 is 2.39 bits per heavy atom. The van der Waals surface area contributed by atoms with Gasteiger partial charge in [-0.3, -0.25) is 9.59 Å². The summed E-state index contributed by atoms with van der Waals surface area (Å²) in [6.07, 6.45) is -4.19. The zero-order chi connectivity index (χ0) is 25.3. The molecule has 3 aromatic carbocycles. The van der Waals surface area contributed by atoms with Gasteiger partial charge in [-0.25, -0.2) is 4.99 Å². The molecule has 0 aromatic heterocycles. The predicted molar refractivity (Wildman–Crippen MR) is 131 cm³/mol. The van der Waals surface area contributed by atoms with Crippen molar-refractivity contribution in [3.8, 4) is 0 Å². The van der Waals surface area contributed by atoms with E-state index in [0.717, 1.165) is 30.5 Å². The number of hydrogen-bond donors (Lipinski definition) is 2. The van der Waals surface area contributed by atoms with E-state index in [2.05, 4.69) is 15.6 Å². The van der Waals surface area contributed by atoms with Gasteiger partial charge in [0.2, 0.25) is 6.17 Å². The molecule has 3 aromatic rings. The summed E-state index contributed by atoms with van der Waals surface area (Å²) < 4.78 is 40.4. The average Bonchev–Trinajstić information content (AvgIpc) is 3.37. The van der Waals surface area contributed by atoms with Crippen molar-refractivity contribution in [1.82, 2.24) is 5.32 Å². The third-order valence-corrected chi connectivity index (χ3v) is 6.28. The number of nitrogens with one attached hydrogen (secondary N) is 2. The van der Waals surface area contributed by atoms with E-state index in [1.165, 1.54) is 6.07 Å². The molecule has 2 amide bonds. The molecule has 2 aliphatic heterocycles. The van der Waals surface area contributed by atoms with Crippen LogP contribution in [0, 0.1) is 0 Å². The third-order valence-electron chi connectivity index (χ3n) is 6.28. The summed E-state index contributed by atoms with van der Waals surface area (Å²) in [5.41, 5.74) is 1.75. The van der Waals surface area contributed by atoms with Gasteiger partial charge in [0.05, 0.1) is 22.5 Å². The molecule has 9 heteroatoms. The molecule has 2 aliphatic rings. The van der Waals surface area contributed by atoms with Crippen molar-refractivity contribution in [2.75, 3.05) is 23.3 Å². The van der Waals surface area contributed by atoms with Crippen LogP contribution in [0.25, 0.3) is 0 Å². The smallest absolute Gasteiger partial charge is 0.371 e. The maximum atomic E-state index is 13.5. The maximum absolute atomic E-state index is 13.5. The van der Waals surface area contributed by atoms with Crippen molar-refractivity contribution in [3.05, 3.63) is 95.1 Å². The van der Waals surface area contributed by atoms with Gasteiger partial charge in [0.25, 0.3) is 11.8 Å². The number of fused-ring (bicyclic) bond motifs is 1. The molecule has 0 spiro atoms. The topological polar surface area (TPSA) is 73.8 Å². The molecule has 2 heterocycles. The van der Waals surface area contributed by atoms with Crippen molar-refractivity contribution in [2.45, 2.75) is 25.2 Å². The number of halogens is 3. The summed E-state index contributed by atoms with van der Waals surface area (Å²) in [5, 5.41) is 5.35. The van der Waals surface area contributed by atoms with E-state index in [0.29, 0.717) is 35.7 Å². The lowest BCUT2D eigenvalue weighted by atomic mass is 10.0. The molecule has 2 N–H and O–H groups in total. The third kappa shape index (κ3) is 4.68. The van der Waals surface area contributed by atoms with Crippen LogP contribution >= 0.6 is 0 Å². The minimum absolute atomic E-state index is 0.141. The molecule has 1 atom stereocenters. The van der Waals surface area contributed by atoms with Gasteiger partial charge in [-0.2, -0.15) is 13.2 Å². The Hall–Kier alpha value is -4.14. The lowest BCUT2D eigenvalue weighted by Gasteiger charge is -2.23. The highest BCUT2D eigenvalue weighted by molar-refractivity contribution is 6.20. The summed E-state index contributed by atoms with van der Waals surface area (Å²) in [4.78, 5) is 32.9. The van der Waals surface area contributed by atoms with Crippen LogP contribution in [-0.4, -0.2) is 36.8 Å². The van der Waals surface area contributed by atoms with Crippen LogP contribution in [-0.2, 0) is 11.0 Å². The van der Waals surface area contributed by atoms with Gasteiger partial charge in [0.1, 0.15) is 0 Å². The first-order chi connectivity index (χ1) is 17.3. The van der Waals surface area contributed by atoms with E-state index >= 15 is 0 Å². The van der Waals surface area contributed by atoms with Crippen LogP contribution < -0.4 is 15.5 Å². The molecule has 0 radical (unpaired) electrons. The second-order valence-electron chi connectivity index (χ2n) is 8.68. The number of hydrogen-bond acceptors (Lipinski definition) is 4. The number of nitrogens with zero attached hydrogens (tertiary/aromatic N) is 2. The Labute approximate surface area is 205 Å². The molecule has 1 unspecified atom stereocenters. The van der Waals surface area contributed by atoms with Gasteiger partial charge >= 0.3 is 6.18 Å². The van der Waals surface area contributed by atoms with E-state index in [1.807, 2.05) is 47.4 Å². The van der Waals surface area contributed by atoms with Gasteiger partial charge < -0.3 is 15.5 Å². The number of rotatable bonds is 4. The largest absolute Gasteiger partial charge is 0.416 e. The van der Waals surface area contributed by atoms with Crippen molar-refractivity contribution in [3.63, 3.8) is 0 Å². The summed E-state index contributed by atoms with van der Waals surface area (Å²) >= 11 is 0. The first-order valence-corrected chi connectivity index (χ1v) is 11.6. The highest BCUT2D eigenvalue weighted by Gasteiger charge is 2.34. The first-order valence-electron chi connectivity index (χ1n) is 11.6. The molecule has 0 bridgehead atoms. The van der Waals surface area contributed by atoms with Crippen LogP contribution in [0.5, 0.6) is 0 Å². The minimum Gasteiger partial charge on any atom is -0.371 e. The number of benzene rings is 3. The summed E-state index contributed by atoms with van der Waals surface area (Å²) in [7, 11) is 0. The fourth-order valence-corrected chi connectivity index (χ4v) is 4.51. The zero-order valence-corrected chi connectivity index (χ0v) is 19.2. The molecule has 0 saturated carbocycles. The number of carbonyl (C=O) groups is 2.